The molecule has 0 radical (unpaired) electrons. The molecule has 3 aromatic rings. The second-order valence-corrected chi connectivity index (χ2v) is 8.59. The molecule has 0 aliphatic rings. The lowest BCUT2D eigenvalue weighted by Gasteiger charge is -2.11. The van der Waals surface area contributed by atoms with E-state index in [0.29, 0.717) is 16.9 Å². The van der Waals surface area contributed by atoms with E-state index >= 15 is 0 Å². The second-order valence-electron chi connectivity index (χ2n) is 5.90. The average molecular weight is 474 g/mol. The third-order valence-corrected chi connectivity index (χ3v) is 5.79. The molecule has 3 rings (SSSR count). The maximum absolute atomic E-state index is 12.6. The van der Waals surface area contributed by atoms with Crippen LogP contribution in [0.3, 0.4) is 0 Å². The fraction of sp³-hybridized carbons (Fsp3) is 0.105. The summed E-state index contributed by atoms with van der Waals surface area (Å²) in [5.74, 6) is -0.384. The quantitative estimate of drug-likeness (QED) is 0.511. The Hall–Kier alpha value is -3.00. The molecule has 1 heterocycles. The molecule has 2 aromatic carbocycles. The molecule has 0 fully saturated rings. The number of rotatable bonds is 7. The molecule has 0 aliphatic carbocycles. The highest BCUT2D eigenvalue weighted by Gasteiger charge is 2.15. The average Bonchev–Trinajstić information content (AvgIpc) is 3.15. The van der Waals surface area contributed by atoms with E-state index in [2.05, 4.69) is 31.1 Å². The van der Waals surface area contributed by atoms with Gasteiger partial charge in [-0.15, -0.1) is 0 Å². The van der Waals surface area contributed by atoms with E-state index in [1.807, 2.05) is 18.2 Å². The van der Waals surface area contributed by atoms with Gasteiger partial charge in [0, 0.05) is 24.7 Å². The van der Waals surface area contributed by atoms with Gasteiger partial charge in [0.05, 0.1) is 33.0 Å². The summed E-state index contributed by atoms with van der Waals surface area (Å²) in [6, 6.07) is 14.6. The topological polar surface area (TPSA) is 117 Å². The molecule has 0 saturated heterocycles. The predicted octanol–water partition coefficient (Wildman–Crippen LogP) is 3.08. The van der Waals surface area contributed by atoms with Crippen LogP contribution < -0.4 is 10.0 Å². The third-order valence-electron chi connectivity index (χ3n) is 3.91. The molecule has 0 aliphatic heterocycles. The number of aromatic nitrogens is 2. The number of nitriles is 1. The van der Waals surface area contributed by atoms with Crippen molar-refractivity contribution >= 4 is 37.5 Å². The summed E-state index contributed by atoms with van der Waals surface area (Å²) in [7, 11) is -3.72. The third kappa shape index (κ3) is 5.08. The van der Waals surface area contributed by atoms with E-state index in [4.69, 9.17) is 5.26 Å². The molecule has 0 atom stereocenters. The molecule has 0 bridgehead atoms. The van der Waals surface area contributed by atoms with Gasteiger partial charge in [-0.1, -0.05) is 12.1 Å². The first-order valence-electron chi connectivity index (χ1n) is 8.48. The van der Waals surface area contributed by atoms with E-state index in [-0.39, 0.29) is 23.8 Å². The number of anilines is 1. The molecule has 10 heteroatoms. The number of carbonyl (C=O) groups is 1. The van der Waals surface area contributed by atoms with Gasteiger partial charge < -0.3 is 5.32 Å². The fourth-order valence-corrected chi connectivity index (χ4v) is 3.83. The van der Waals surface area contributed by atoms with Crippen molar-refractivity contribution in [1.29, 1.82) is 5.26 Å². The minimum atomic E-state index is -3.72. The summed E-state index contributed by atoms with van der Waals surface area (Å²) in [6.45, 7) is 0.0292. The summed E-state index contributed by atoms with van der Waals surface area (Å²) in [6.07, 6.45) is 3.48. The van der Waals surface area contributed by atoms with Gasteiger partial charge in [0.1, 0.15) is 0 Å². The van der Waals surface area contributed by atoms with Gasteiger partial charge in [-0.05, 0) is 52.3 Å². The summed E-state index contributed by atoms with van der Waals surface area (Å²) in [4.78, 5) is 12.6. The van der Waals surface area contributed by atoms with Crippen LogP contribution in [0.5, 0.6) is 0 Å². The van der Waals surface area contributed by atoms with Crippen molar-refractivity contribution in [3.05, 3.63) is 71.0 Å². The molecule has 148 valence electrons. The molecule has 0 unspecified atom stereocenters. The van der Waals surface area contributed by atoms with Crippen molar-refractivity contribution in [2.75, 3.05) is 11.9 Å². The van der Waals surface area contributed by atoms with Gasteiger partial charge in [0.25, 0.3) is 5.91 Å². The Balaban J connectivity index is 1.77. The van der Waals surface area contributed by atoms with Crippen molar-refractivity contribution in [3.8, 4) is 11.8 Å². The molecule has 8 nitrogen and oxygen atoms in total. The molecule has 1 amide bonds. The van der Waals surface area contributed by atoms with Crippen LogP contribution in [-0.2, 0) is 10.0 Å². The summed E-state index contributed by atoms with van der Waals surface area (Å²) in [5, 5.41) is 15.5. The van der Waals surface area contributed by atoms with Gasteiger partial charge in [0.15, 0.2) is 0 Å². The molecular formula is C19H16BrN5O3S. The van der Waals surface area contributed by atoms with Gasteiger partial charge >= 0.3 is 0 Å². The molecule has 1 aromatic heterocycles. The number of carbonyl (C=O) groups excluding carboxylic acids is 1. The lowest BCUT2D eigenvalue weighted by Crippen LogP contribution is -2.24. The Morgan fingerprint density at radius 3 is 2.55 bits per heavy atom. The van der Waals surface area contributed by atoms with Crippen molar-refractivity contribution in [3.63, 3.8) is 0 Å². The first-order valence-corrected chi connectivity index (χ1v) is 10.8. The lowest BCUT2D eigenvalue weighted by atomic mass is 10.2. The number of sulfonamides is 1. The zero-order chi connectivity index (χ0) is 20.9. The minimum Gasteiger partial charge on any atom is -0.320 e. The van der Waals surface area contributed by atoms with Crippen molar-refractivity contribution in [1.82, 2.24) is 14.5 Å². The summed E-state index contributed by atoms with van der Waals surface area (Å²) >= 11 is 3.34. The number of nitrogens with one attached hydrogen (secondary N) is 2. The van der Waals surface area contributed by atoms with Gasteiger partial charge in [-0.25, -0.2) is 17.8 Å². The van der Waals surface area contributed by atoms with Gasteiger partial charge in [-0.3, -0.25) is 4.79 Å². The lowest BCUT2D eigenvalue weighted by molar-refractivity contribution is 0.102. The normalized spacial score (nSPS) is 11.0. The van der Waals surface area contributed by atoms with E-state index in [0.717, 1.165) is 4.47 Å². The maximum Gasteiger partial charge on any atom is 0.255 e. The number of benzene rings is 2. The number of halogens is 1. The van der Waals surface area contributed by atoms with E-state index < -0.39 is 10.0 Å². The maximum atomic E-state index is 12.6. The monoisotopic (exact) mass is 473 g/mol. The highest BCUT2D eigenvalue weighted by atomic mass is 79.9. The van der Waals surface area contributed by atoms with E-state index in [9.17, 15) is 13.2 Å². The molecular weight excluding hydrogens is 458 g/mol. The number of hydrogen-bond donors (Lipinski definition) is 2. The smallest absolute Gasteiger partial charge is 0.255 e. The largest absolute Gasteiger partial charge is 0.320 e. The number of hydrogen-bond acceptors (Lipinski definition) is 5. The Morgan fingerprint density at radius 2 is 1.90 bits per heavy atom. The van der Waals surface area contributed by atoms with Gasteiger partial charge in [0.2, 0.25) is 10.0 Å². The second kappa shape index (κ2) is 9.00. The van der Waals surface area contributed by atoms with Crippen LogP contribution in [0.15, 0.2) is 70.3 Å². The molecule has 29 heavy (non-hydrogen) atoms. The number of nitrogens with zero attached hydrogens (tertiary/aromatic N) is 3. The minimum absolute atomic E-state index is 0.0220. The zero-order valence-corrected chi connectivity index (χ0v) is 17.4. The van der Waals surface area contributed by atoms with Crippen LogP contribution in [0.2, 0.25) is 0 Å². The van der Waals surface area contributed by atoms with Crippen LogP contribution in [0.1, 0.15) is 16.8 Å². The summed E-state index contributed by atoms with van der Waals surface area (Å²) in [5.41, 5.74) is 1.55. The highest BCUT2D eigenvalue weighted by Crippen LogP contribution is 2.22. The van der Waals surface area contributed by atoms with Crippen LogP contribution >= 0.6 is 15.9 Å². The van der Waals surface area contributed by atoms with Crippen molar-refractivity contribution in [2.24, 2.45) is 0 Å². The van der Waals surface area contributed by atoms with Crippen LogP contribution in [0.25, 0.3) is 5.69 Å². The fourth-order valence-electron chi connectivity index (χ4n) is 2.52. The SMILES string of the molecule is N#CCCNS(=O)(=O)c1ccc(C(=O)Nc2ccccc2-n2cc(Br)cn2)cc1. The Morgan fingerprint density at radius 1 is 1.17 bits per heavy atom. The first kappa shape index (κ1) is 20.7. The zero-order valence-electron chi connectivity index (χ0n) is 15.0. The standard InChI is InChI=1S/C19H16BrN5O3S/c20-15-12-22-25(13-15)18-5-2-1-4-17(18)24-19(26)14-6-8-16(9-7-14)29(27,28)23-11-3-10-21/h1-2,4-9,12-13,23H,3,11H2,(H,24,26). The number of para-hydroxylation sites is 2. The molecule has 0 saturated carbocycles. The van der Waals surface area contributed by atoms with Crippen LogP contribution in [0.4, 0.5) is 5.69 Å². The number of amides is 1. The van der Waals surface area contributed by atoms with Crippen molar-refractivity contribution < 1.29 is 13.2 Å². The van der Waals surface area contributed by atoms with E-state index in [1.165, 1.54) is 24.3 Å². The molecule has 0 spiro atoms. The van der Waals surface area contributed by atoms with Crippen LogP contribution in [-0.4, -0.2) is 30.7 Å². The Labute approximate surface area is 176 Å². The van der Waals surface area contributed by atoms with E-state index in [1.54, 1.807) is 29.2 Å². The van der Waals surface area contributed by atoms with Crippen molar-refractivity contribution in [2.45, 2.75) is 11.3 Å². The first-order chi connectivity index (χ1) is 13.9. The van der Waals surface area contributed by atoms with Crippen LogP contribution in [0, 0.1) is 11.3 Å². The highest BCUT2D eigenvalue weighted by molar-refractivity contribution is 9.10. The molecule has 2 N–H and O–H groups in total. The summed E-state index contributed by atoms with van der Waals surface area (Å²) < 4.78 is 29.1. The Kier molecular flexibility index (Phi) is 6.43. The van der Waals surface area contributed by atoms with Gasteiger partial charge in [-0.2, -0.15) is 10.4 Å². The Bertz CT molecular complexity index is 1170. The predicted molar refractivity (Wildman–Crippen MR) is 111 cm³/mol.